The lowest BCUT2D eigenvalue weighted by Gasteiger charge is -2.17. The van der Waals surface area contributed by atoms with Crippen molar-refractivity contribution in [1.82, 2.24) is 15.1 Å². The molecule has 0 unspecified atom stereocenters. The normalized spacial score (nSPS) is 20.7. The van der Waals surface area contributed by atoms with Gasteiger partial charge in [-0.1, -0.05) is 0 Å². The Hall–Kier alpha value is -1.57. The summed E-state index contributed by atoms with van der Waals surface area (Å²) < 4.78 is 0. The Labute approximate surface area is 167 Å². The van der Waals surface area contributed by atoms with Crippen LogP contribution in [0.1, 0.15) is 25.7 Å². The monoisotopic (exact) mass is 390 g/mol. The van der Waals surface area contributed by atoms with Crippen molar-refractivity contribution in [3.63, 3.8) is 0 Å². The highest BCUT2D eigenvalue weighted by molar-refractivity contribution is 7.80. The Balaban J connectivity index is 1.32. The van der Waals surface area contributed by atoms with Crippen LogP contribution in [0.3, 0.4) is 0 Å². The zero-order valence-electron chi connectivity index (χ0n) is 15.8. The molecule has 1 atom stereocenters. The fourth-order valence-electron chi connectivity index (χ4n) is 3.80. The summed E-state index contributed by atoms with van der Waals surface area (Å²) in [6, 6.07) is 7.36. The number of nitrogens with one attached hydrogen (secondary N) is 2. The van der Waals surface area contributed by atoms with Crippen LogP contribution in [0.4, 0.5) is 5.69 Å². The van der Waals surface area contributed by atoms with Gasteiger partial charge in [-0.15, -0.1) is 12.6 Å². The number of likely N-dealkylation sites (tertiary alicyclic amines) is 2. The first kappa shape index (κ1) is 20.2. The summed E-state index contributed by atoms with van der Waals surface area (Å²) in [4.78, 5) is 29.9. The van der Waals surface area contributed by atoms with Crippen molar-refractivity contribution >= 4 is 30.1 Å². The molecule has 0 spiro atoms. The lowest BCUT2D eigenvalue weighted by molar-refractivity contribution is -0.125. The van der Waals surface area contributed by atoms with Crippen molar-refractivity contribution in [2.24, 2.45) is 5.92 Å². The standard InChI is InChI=1S/C20H30N4O2S/c25-19(22-17-4-6-18(27)7-5-17)15-24-13-8-16(14-24)20(26)21-9-3-12-23-10-1-2-11-23/h4-7,16,27H,1-3,8-15H2,(H,21,26)(H,22,25)/t16-/m1/s1. The van der Waals surface area contributed by atoms with Gasteiger partial charge in [0, 0.05) is 23.7 Å². The number of rotatable bonds is 8. The van der Waals surface area contributed by atoms with E-state index < -0.39 is 0 Å². The first-order valence-electron chi connectivity index (χ1n) is 9.91. The summed E-state index contributed by atoms with van der Waals surface area (Å²) in [5.41, 5.74) is 0.768. The van der Waals surface area contributed by atoms with Gasteiger partial charge in [0.05, 0.1) is 12.5 Å². The van der Waals surface area contributed by atoms with Gasteiger partial charge < -0.3 is 15.5 Å². The van der Waals surface area contributed by atoms with E-state index >= 15 is 0 Å². The molecule has 1 aromatic rings. The number of carbonyl (C=O) groups is 2. The van der Waals surface area contributed by atoms with Crippen LogP contribution in [0.25, 0.3) is 0 Å². The molecule has 0 saturated carbocycles. The van der Waals surface area contributed by atoms with E-state index in [2.05, 4.69) is 33.1 Å². The van der Waals surface area contributed by atoms with Crippen molar-refractivity contribution in [3.05, 3.63) is 24.3 Å². The van der Waals surface area contributed by atoms with Crippen molar-refractivity contribution < 1.29 is 9.59 Å². The molecule has 3 rings (SSSR count). The summed E-state index contributed by atoms with van der Waals surface area (Å²) >= 11 is 4.24. The minimum atomic E-state index is -0.0476. The molecule has 2 fully saturated rings. The summed E-state index contributed by atoms with van der Waals surface area (Å²) in [5, 5.41) is 5.96. The van der Waals surface area contributed by atoms with Crippen molar-refractivity contribution in [3.8, 4) is 0 Å². The number of nitrogens with zero attached hydrogens (tertiary/aromatic N) is 2. The largest absolute Gasteiger partial charge is 0.356 e. The number of amides is 2. The maximum Gasteiger partial charge on any atom is 0.238 e. The van der Waals surface area contributed by atoms with E-state index in [1.165, 1.54) is 25.9 Å². The summed E-state index contributed by atoms with van der Waals surface area (Å²) in [7, 11) is 0. The number of thiol groups is 1. The molecule has 0 aliphatic carbocycles. The summed E-state index contributed by atoms with van der Waals surface area (Å²) in [6.07, 6.45) is 4.44. The zero-order valence-corrected chi connectivity index (χ0v) is 16.7. The summed E-state index contributed by atoms with van der Waals surface area (Å²) in [6.45, 7) is 5.98. The SMILES string of the molecule is O=C(CN1CC[C@@H](C(=O)NCCCN2CCCC2)C1)Nc1ccc(S)cc1. The van der Waals surface area contributed by atoms with E-state index in [4.69, 9.17) is 0 Å². The fourth-order valence-corrected chi connectivity index (χ4v) is 3.95. The highest BCUT2D eigenvalue weighted by atomic mass is 32.1. The Kier molecular flexibility index (Phi) is 7.55. The van der Waals surface area contributed by atoms with E-state index in [1.54, 1.807) is 0 Å². The van der Waals surface area contributed by atoms with Gasteiger partial charge in [0.15, 0.2) is 0 Å². The van der Waals surface area contributed by atoms with Gasteiger partial charge in [-0.2, -0.15) is 0 Å². The van der Waals surface area contributed by atoms with Gasteiger partial charge in [0.25, 0.3) is 0 Å². The second kappa shape index (κ2) is 10.1. The molecule has 6 nitrogen and oxygen atoms in total. The third kappa shape index (κ3) is 6.52. The molecule has 148 valence electrons. The van der Waals surface area contributed by atoms with Gasteiger partial charge in [-0.05, 0) is 76.1 Å². The molecule has 2 heterocycles. The van der Waals surface area contributed by atoms with Gasteiger partial charge in [0.2, 0.25) is 11.8 Å². The van der Waals surface area contributed by atoms with Crippen LogP contribution in [0.5, 0.6) is 0 Å². The molecule has 2 aliphatic heterocycles. The molecule has 2 amide bonds. The zero-order chi connectivity index (χ0) is 19.1. The van der Waals surface area contributed by atoms with Crippen LogP contribution in [0.2, 0.25) is 0 Å². The molecule has 27 heavy (non-hydrogen) atoms. The maximum absolute atomic E-state index is 12.3. The minimum Gasteiger partial charge on any atom is -0.356 e. The fraction of sp³-hybridized carbons (Fsp3) is 0.600. The number of hydrogen-bond acceptors (Lipinski definition) is 5. The Morgan fingerprint density at radius 2 is 1.81 bits per heavy atom. The van der Waals surface area contributed by atoms with E-state index in [0.29, 0.717) is 13.1 Å². The number of anilines is 1. The van der Waals surface area contributed by atoms with Crippen molar-refractivity contribution in [1.29, 1.82) is 0 Å². The first-order chi connectivity index (χ1) is 13.1. The molecular formula is C20H30N4O2S. The van der Waals surface area contributed by atoms with E-state index in [-0.39, 0.29) is 17.7 Å². The molecule has 2 aliphatic rings. The second-order valence-corrected chi connectivity index (χ2v) is 8.03. The van der Waals surface area contributed by atoms with Crippen LogP contribution >= 0.6 is 12.6 Å². The van der Waals surface area contributed by atoms with Gasteiger partial charge in [0.1, 0.15) is 0 Å². The van der Waals surface area contributed by atoms with Crippen LogP contribution < -0.4 is 10.6 Å². The van der Waals surface area contributed by atoms with Crippen LogP contribution in [0.15, 0.2) is 29.2 Å². The molecule has 2 saturated heterocycles. The molecule has 1 aromatic carbocycles. The maximum atomic E-state index is 12.3. The molecule has 0 bridgehead atoms. The number of benzene rings is 1. The average Bonchev–Trinajstić information content (AvgIpc) is 3.32. The second-order valence-electron chi connectivity index (χ2n) is 7.51. The quantitative estimate of drug-likeness (QED) is 0.468. The average molecular weight is 391 g/mol. The van der Waals surface area contributed by atoms with Gasteiger partial charge in [-0.3, -0.25) is 14.5 Å². The number of carbonyl (C=O) groups excluding carboxylic acids is 2. The summed E-state index contributed by atoms with van der Waals surface area (Å²) in [5.74, 6) is 0.0744. The predicted octanol–water partition coefficient (Wildman–Crippen LogP) is 1.84. The van der Waals surface area contributed by atoms with Crippen molar-refractivity contribution in [2.75, 3.05) is 51.1 Å². The topological polar surface area (TPSA) is 64.7 Å². The first-order valence-corrected chi connectivity index (χ1v) is 10.4. The van der Waals surface area contributed by atoms with Crippen LogP contribution in [-0.4, -0.2) is 67.4 Å². The van der Waals surface area contributed by atoms with Crippen LogP contribution in [-0.2, 0) is 9.59 Å². The molecule has 0 radical (unpaired) electrons. The lowest BCUT2D eigenvalue weighted by Crippen LogP contribution is -2.36. The van der Waals surface area contributed by atoms with Crippen molar-refractivity contribution in [2.45, 2.75) is 30.6 Å². The highest BCUT2D eigenvalue weighted by Crippen LogP contribution is 2.17. The van der Waals surface area contributed by atoms with Crippen LogP contribution in [0, 0.1) is 5.92 Å². The Morgan fingerprint density at radius 3 is 2.56 bits per heavy atom. The minimum absolute atomic E-state index is 0.00643. The predicted molar refractivity (Wildman–Crippen MR) is 110 cm³/mol. The Morgan fingerprint density at radius 1 is 1.07 bits per heavy atom. The molecule has 2 N–H and O–H groups in total. The van der Waals surface area contributed by atoms with E-state index in [0.717, 1.165) is 43.1 Å². The third-order valence-electron chi connectivity index (χ3n) is 5.31. The van der Waals surface area contributed by atoms with Gasteiger partial charge in [-0.25, -0.2) is 0 Å². The van der Waals surface area contributed by atoms with E-state index in [1.807, 2.05) is 24.3 Å². The molecule has 7 heteroatoms. The third-order valence-corrected chi connectivity index (χ3v) is 5.61. The highest BCUT2D eigenvalue weighted by Gasteiger charge is 2.29. The number of hydrogen-bond donors (Lipinski definition) is 3. The van der Waals surface area contributed by atoms with E-state index in [9.17, 15) is 9.59 Å². The molecular weight excluding hydrogens is 360 g/mol. The smallest absolute Gasteiger partial charge is 0.238 e. The molecule has 0 aromatic heterocycles. The van der Waals surface area contributed by atoms with Gasteiger partial charge >= 0.3 is 0 Å². The lowest BCUT2D eigenvalue weighted by atomic mass is 10.1. The Bertz CT molecular complexity index is 631.